The van der Waals surface area contributed by atoms with Gasteiger partial charge < -0.3 is 9.47 Å². The van der Waals surface area contributed by atoms with E-state index in [1.165, 1.54) is 0 Å². The fraction of sp³-hybridized carbons (Fsp3) is 0.929. The summed E-state index contributed by atoms with van der Waals surface area (Å²) in [7, 11) is 0. The highest BCUT2D eigenvalue weighted by atomic mass is 16.8. The minimum atomic E-state index is -0.850. The first-order valence-corrected chi connectivity index (χ1v) is 7.52. The maximum atomic E-state index is 12.2. The molecule has 0 bridgehead atoms. The third-order valence-corrected chi connectivity index (χ3v) is 4.48. The highest BCUT2D eigenvalue weighted by Crippen LogP contribution is 2.48. The van der Waals surface area contributed by atoms with E-state index in [2.05, 4.69) is 6.92 Å². The van der Waals surface area contributed by atoms with E-state index >= 15 is 0 Å². The van der Waals surface area contributed by atoms with E-state index < -0.39 is 5.79 Å². The Labute approximate surface area is 114 Å². The van der Waals surface area contributed by atoms with Crippen LogP contribution in [0.15, 0.2) is 0 Å². The van der Waals surface area contributed by atoms with Crippen LogP contribution in [0.25, 0.3) is 0 Å². The summed E-state index contributed by atoms with van der Waals surface area (Å²) in [6.07, 6.45) is 4.62. The van der Waals surface area contributed by atoms with Crippen molar-refractivity contribution in [1.29, 1.82) is 0 Å². The number of hydrogen-bond donors (Lipinski definition) is 0. The Hall–Kier alpha value is -0.650. The maximum Gasteiger partial charge on any atom is 0.316 e. The van der Waals surface area contributed by atoms with Gasteiger partial charge in [-0.2, -0.15) is 5.06 Å². The van der Waals surface area contributed by atoms with E-state index in [-0.39, 0.29) is 24.0 Å². The molecule has 5 heteroatoms. The predicted octanol–water partition coefficient (Wildman–Crippen LogP) is 1.86. The summed E-state index contributed by atoms with van der Waals surface area (Å²) in [6, 6.07) is 0.196. The van der Waals surface area contributed by atoms with Crippen LogP contribution in [0.2, 0.25) is 0 Å². The summed E-state index contributed by atoms with van der Waals surface area (Å²) in [5, 5.41) is 1.98. The van der Waals surface area contributed by atoms with Gasteiger partial charge in [-0.25, -0.2) is 0 Å². The van der Waals surface area contributed by atoms with Crippen molar-refractivity contribution in [2.24, 2.45) is 5.92 Å². The molecular weight excluding hydrogens is 246 g/mol. The molecule has 19 heavy (non-hydrogen) atoms. The van der Waals surface area contributed by atoms with Crippen molar-refractivity contribution in [3.63, 3.8) is 0 Å². The van der Waals surface area contributed by atoms with Gasteiger partial charge >= 0.3 is 5.97 Å². The van der Waals surface area contributed by atoms with Crippen LogP contribution in [0.5, 0.6) is 0 Å². The molecule has 0 unspecified atom stereocenters. The summed E-state index contributed by atoms with van der Waals surface area (Å²) in [4.78, 5) is 18.3. The SMILES string of the molecule is CCCC[C@]1(OCC)OC(=O)[C@@H]2[C@H]3CCCN3O[C@@H]21. The summed E-state index contributed by atoms with van der Waals surface area (Å²) < 4.78 is 11.5. The summed E-state index contributed by atoms with van der Waals surface area (Å²) in [5.74, 6) is -1.15. The molecule has 3 rings (SSSR count). The summed E-state index contributed by atoms with van der Waals surface area (Å²) in [5.41, 5.74) is 0. The van der Waals surface area contributed by atoms with Crippen LogP contribution in [0.1, 0.15) is 46.0 Å². The second-order valence-corrected chi connectivity index (χ2v) is 5.67. The molecule has 5 nitrogen and oxygen atoms in total. The molecule has 0 aliphatic carbocycles. The lowest BCUT2D eigenvalue weighted by Crippen LogP contribution is -2.44. The fourth-order valence-corrected chi connectivity index (χ4v) is 3.64. The van der Waals surface area contributed by atoms with E-state index in [4.69, 9.17) is 14.3 Å². The number of fused-ring (bicyclic) bond motifs is 3. The monoisotopic (exact) mass is 269 g/mol. The van der Waals surface area contributed by atoms with Crippen molar-refractivity contribution in [2.75, 3.05) is 13.2 Å². The van der Waals surface area contributed by atoms with Crippen LogP contribution in [-0.4, -0.2) is 42.1 Å². The van der Waals surface area contributed by atoms with Gasteiger partial charge in [0.2, 0.25) is 5.79 Å². The summed E-state index contributed by atoms with van der Waals surface area (Å²) in [6.45, 7) is 5.52. The van der Waals surface area contributed by atoms with Gasteiger partial charge in [-0.1, -0.05) is 13.3 Å². The van der Waals surface area contributed by atoms with E-state index in [1.807, 2.05) is 12.0 Å². The number of cyclic esters (lactones) is 1. The minimum Gasteiger partial charge on any atom is -0.430 e. The molecular formula is C14H23NO4. The number of carbonyl (C=O) groups excluding carboxylic acids is 1. The number of unbranched alkanes of at least 4 members (excludes halogenated alkanes) is 1. The Morgan fingerprint density at radius 1 is 1.47 bits per heavy atom. The molecule has 3 fully saturated rings. The molecule has 4 atom stereocenters. The lowest BCUT2D eigenvalue weighted by atomic mass is 9.90. The number of carbonyl (C=O) groups is 1. The largest absolute Gasteiger partial charge is 0.430 e. The molecule has 0 aromatic carbocycles. The average molecular weight is 269 g/mol. The normalized spacial score (nSPS) is 41.4. The van der Waals surface area contributed by atoms with Crippen LogP contribution < -0.4 is 0 Å². The number of hydrogen-bond acceptors (Lipinski definition) is 5. The predicted molar refractivity (Wildman–Crippen MR) is 68.1 cm³/mol. The Morgan fingerprint density at radius 3 is 3.05 bits per heavy atom. The number of nitrogens with zero attached hydrogens (tertiary/aromatic N) is 1. The average Bonchev–Trinajstić information content (AvgIpc) is 3.00. The molecule has 3 saturated heterocycles. The lowest BCUT2D eigenvalue weighted by Gasteiger charge is -2.32. The van der Waals surface area contributed by atoms with Gasteiger partial charge in [-0.15, -0.1) is 0 Å². The molecule has 0 aromatic rings. The van der Waals surface area contributed by atoms with E-state index in [0.717, 1.165) is 38.6 Å². The number of hydroxylamine groups is 2. The Morgan fingerprint density at radius 2 is 2.32 bits per heavy atom. The molecule has 0 N–H and O–H groups in total. The highest BCUT2D eigenvalue weighted by Gasteiger charge is 2.65. The standard InChI is InChI=1S/C14H23NO4/c1-3-5-8-14(17-4-2)12-11(13(16)18-14)10-7-6-9-15(10)19-12/h10-12H,3-9H2,1-2H3/t10-,11-,12+,14+/m1/s1. The Bertz CT molecular complexity index is 361. The lowest BCUT2D eigenvalue weighted by molar-refractivity contribution is -0.286. The summed E-state index contributed by atoms with van der Waals surface area (Å²) >= 11 is 0. The molecule has 3 heterocycles. The van der Waals surface area contributed by atoms with Crippen LogP contribution in [0.3, 0.4) is 0 Å². The number of rotatable bonds is 5. The van der Waals surface area contributed by atoms with Gasteiger partial charge in [0.15, 0.2) is 6.10 Å². The van der Waals surface area contributed by atoms with Crippen molar-refractivity contribution in [1.82, 2.24) is 5.06 Å². The zero-order valence-corrected chi connectivity index (χ0v) is 11.8. The van der Waals surface area contributed by atoms with E-state index in [0.29, 0.717) is 6.61 Å². The second-order valence-electron chi connectivity index (χ2n) is 5.67. The molecule has 108 valence electrons. The fourth-order valence-electron chi connectivity index (χ4n) is 3.64. The van der Waals surface area contributed by atoms with E-state index in [1.54, 1.807) is 0 Å². The molecule has 3 aliphatic rings. The minimum absolute atomic E-state index is 0.135. The quantitative estimate of drug-likeness (QED) is 0.713. The van der Waals surface area contributed by atoms with Crippen molar-refractivity contribution in [3.05, 3.63) is 0 Å². The number of esters is 1. The molecule has 3 aliphatic heterocycles. The van der Waals surface area contributed by atoms with Crippen molar-refractivity contribution >= 4 is 5.97 Å². The molecule has 0 saturated carbocycles. The smallest absolute Gasteiger partial charge is 0.316 e. The molecule has 0 amide bonds. The van der Waals surface area contributed by atoms with Gasteiger partial charge in [0.1, 0.15) is 5.92 Å². The van der Waals surface area contributed by atoms with Gasteiger partial charge in [-0.3, -0.25) is 9.63 Å². The van der Waals surface area contributed by atoms with Gasteiger partial charge in [0.25, 0.3) is 0 Å². The zero-order valence-electron chi connectivity index (χ0n) is 11.8. The molecule has 0 radical (unpaired) electrons. The van der Waals surface area contributed by atoms with Gasteiger partial charge in [0.05, 0.1) is 6.04 Å². The van der Waals surface area contributed by atoms with Gasteiger partial charge in [-0.05, 0) is 26.2 Å². The third kappa shape index (κ3) is 1.99. The Kier molecular flexibility index (Phi) is 3.53. The highest BCUT2D eigenvalue weighted by molar-refractivity contribution is 5.77. The number of ether oxygens (including phenoxy) is 2. The van der Waals surface area contributed by atoms with Crippen LogP contribution in [-0.2, 0) is 19.1 Å². The van der Waals surface area contributed by atoms with Crippen molar-refractivity contribution in [2.45, 2.75) is 63.9 Å². The van der Waals surface area contributed by atoms with E-state index in [9.17, 15) is 4.79 Å². The zero-order chi connectivity index (χ0) is 13.5. The first-order chi connectivity index (χ1) is 9.22. The van der Waals surface area contributed by atoms with Gasteiger partial charge in [0, 0.05) is 19.6 Å². The van der Waals surface area contributed by atoms with Crippen LogP contribution in [0, 0.1) is 5.92 Å². The van der Waals surface area contributed by atoms with Crippen LogP contribution in [0.4, 0.5) is 0 Å². The molecule has 0 spiro atoms. The first kappa shape index (κ1) is 13.3. The third-order valence-electron chi connectivity index (χ3n) is 4.48. The first-order valence-electron chi connectivity index (χ1n) is 7.52. The second kappa shape index (κ2) is 5.04. The maximum absolute atomic E-state index is 12.2. The van der Waals surface area contributed by atoms with Crippen molar-refractivity contribution < 1.29 is 19.1 Å². The Balaban J connectivity index is 1.84. The topological polar surface area (TPSA) is 48.0 Å². The van der Waals surface area contributed by atoms with Crippen molar-refractivity contribution in [3.8, 4) is 0 Å². The van der Waals surface area contributed by atoms with Crippen LogP contribution >= 0.6 is 0 Å². The molecule has 0 aromatic heterocycles.